The summed E-state index contributed by atoms with van der Waals surface area (Å²) in [4.78, 5) is 30.2. The second kappa shape index (κ2) is 8.09. The summed E-state index contributed by atoms with van der Waals surface area (Å²) in [6.07, 6.45) is 0. The molecule has 7 heteroatoms. The second-order valence-corrected chi connectivity index (χ2v) is 8.86. The summed E-state index contributed by atoms with van der Waals surface area (Å²) in [6, 6.07) is 13.6. The van der Waals surface area contributed by atoms with Crippen molar-refractivity contribution < 1.29 is 23.8 Å². The highest BCUT2D eigenvalue weighted by Crippen LogP contribution is 2.44. The van der Waals surface area contributed by atoms with Crippen molar-refractivity contribution in [2.24, 2.45) is 0 Å². The summed E-state index contributed by atoms with van der Waals surface area (Å²) in [6.45, 7) is 6.90. The van der Waals surface area contributed by atoms with Crippen LogP contribution in [0, 0.1) is 20.8 Å². The van der Waals surface area contributed by atoms with Crippen LogP contribution in [0.3, 0.4) is 0 Å². The van der Waals surface area contributed by atoms with Gasteiger partial charge in [-0.25, -0.2) is 0 Å². The number of aliphatic hydroxyl groups excluding tert-OH is 1. The van der Waals surface area contributed by atoms with Gasteiger partial charge in [-0.15, -0.1) is 0 Å². The number of carbonyl (C=O) groups is 2. The van der Waals surface area contributed by atoms with Crippen LogP contribution in [0.1, 0.15) is 34.3 Å². The zero-order chi connectivity index (χ0) is 24.1. The van der Waals surface area contributed by atoms with Crippen LogP contribution in [0.5, 0.6) is 5.75 Å². The van der Waals surface area contributed by atoms with Crippen LogP contribution in [0.2, 0.25) is 0 Å². The molecule has 1 unspecified atom stereocenters. The molecular formula is C27H26N2O5. The van der Waals surface area contributed by atoms with E-state index in [2.05, 4.69) is 0 Å². The number of aliphatic hydroxyl groups is 1. The summed E-state index contributed by atoms with van der Waals surface area (Å²) in [5.41, 5.74) is 3.65. The fraction of sp³-hybridized carbons (Fsp3) is 0.259. The minimum Gasteiger partial charge on any atom is -0.507 e. The number of Topliss-reactive ketones (excluding diaryl/α,β-unsaturated/α-hetero) is 1. The first-order chi connectivity index (χ1) is 16.3. The lowest BCUT2D eigenvalue weighted by molar-refractivity contribution is -0.132. The first-order valence-electron chi connectivity index (χ1n) is 11.2. The van der Waals surface area contributed by atoms with Crippen LogP contribution >= 0.6 is 0 Å². The van der Waals surface area contributed by atoms with E-state index in [4.69, 9.17) is 9.15 Å². The van der Waals surface area contributed by atoms with Gasteiger partial charge in [-0.1, -0.05) is 12.1 Å². The predicted molar refractivity (Wildman–Crippen MR) is 129 cm³/mol. The molecule has 1 fully saturated rings. The van der Waals surface area contributed by atoms with Crippen LogP contribution in [-0.4, -0.2) is 37.0 Å². The Labute approximate surface area is 197 Å². The molecule has 0 spiro atoms. The number of amides is 1. The van der Waals surface area contributed by atoms with E-state index in [1.54, 1.807) is 37.3 Å². The molecule has 2 aliphatic heterocycles. The van der Waals surface area contributed by atoms with Crippen LogP contribution in [-0.2, 0) is 9.59 Å². The number of anilines is 2. The van der Waals surface area contributed by atoms with Gasteiger partial charge in [0, 0.05) is 18.3 Å². The minimum absolute atomic E-state index is 0.000382. The third-order valence-electron chi connectivity index (χ3n) is 6.43. The number of fused-ring (bicyclic) bond motifs is 1. The zero-order valence-corrected chi connectivity index (χ0v) is 19.6. The van der Waals surface area contributed by atoms with Crippen LogP contribution in [0.15, 0.2) is 58.5 Å². The maximum atomic E-state index is 13.4. The van der Waals surface area contributed by atoms with Gasteiger partial charge >= 0.3 is 0 Å². The van der Waals surface area contributed by atoms with E-state index in [-0.39, 0.29) is 11.3 Å². The van der Waals surface area contributed by atoms with Crippen molar-refractivity contribution >= 4 is 28.8 Å². The molecule has 1 aromatic heterocycles. The van der Waals surface area contributed by atoms with Crippen molar-refractivity contribution in [3.8, 4) is 5.75 Å². The molecule has 2 aromatic carbocycles. The average molecular weight is 459 g/mol. The molecule has 7 nitrogen and oxygen atoms in total. The highest BCUT2D eigenvalue weighted by atomic mass is 16.5. The van der Waals surface area contributed by atoms with E-state index in [9.17, 15) is 14.7 Å². The van der Waals surface area contributed by atoms with Gasteiger partial charge in [0.25, 0.3) is 11.7 Å². The topological polar surface area (TPSA) is 83.2 Å². The van der Waals surface area contributed by atoms with Crippen LogP contribution < -0.4 is 14.5 Å². The predicted octanol–water partition coefficient (Wildman–Crippen LogP) is 4.66. The van der Waals surface area contributed by atoms with Crippen molar-refractivity contribution in [3.63, 3.8) is 0 Å². The Balaban J connectivity index is 1.71. The van der Waals surface area contributed by atoms with E-state index in [1.807, 2.05) is 44.0 Å². The van der Waals surface area contributed by atoms with Gasteiger partial charge in [-0.05, 0) is 68.3 Å². The number of aryl methyl sites for hydroxylation is 3. The molecule has 0 saturated carbocycles. The lowest BCUT2D eigenvalue weighted by atomic mass is 9.98. The summed E-state index contributed by atoms with van der Waals surface area (Å²) >= 11 is 0. The molecule has 34 heavy (non-hydrogen) atoms. The molecule has 0 radical (unpaired) electrons. The molecule has 0 bridgehead atoms. The van der Waals surface area contributed by atoms with Gasteiger partial charge < -0.3 is 19.2 Å². The van der Waals surface area contributed by atoms with E-state index in [1.165, 1.54) is 4.90 Å². The first kappa shape index (κ1) is 21.8. The Kier molecular flexibility index (Phi) is 5.20. The molecule has 2 aliphatic rings. The summed E-state index contributed by atoms with van der Waals surface area (Å²) in [5, 5.41) is 11.4. The number of hydrogen-bond donors (Lipinski definition) is 1. The molecule has 1 N–H and O–H groups in total. The molecule has 174 valence electrons. The number of ketones is 1. The van der Waals surface area contributed by atoms with Gasteiger partial charge in [-0.3, -0.25) is 14.5 Å². The standard InChI is InChI=1S/C27H26N2O5/c1-15-5-6-16(2)19(13-15)29-24(22-9-7-17(3)34-22)23(26(31)27(29)32)25(30)18-8-10-21-20(14-18)28(4)11-12-33-21/h5-10,13-14,24,30H,11-12H2,1-4H3/b25-23-. The van der Waals surface area contributed by atoms with Gasteiger partial charge in [0.2, 0.25) is 0 Å². The number of likely N-dealkylation sites (N-methyl/N-ethyl adjacent to an activating group) is 1. The van der Waals surface area contributed by atoms with Crippen LogP contribution in [0.25, 0.3) is 5.76 Å². The molecule has 0 aliphatic carbocycles. The SMILES string of the molecule is Cc1ccc(C)c(N2C(=O)C(=O)/C(=C(\O)c3ccc4c(c3)N(C)CCO4)C2c2ccc(C)o2)c1. The third-order valence-corrected chi connectivity index (χ3v) is 6.43. The van der Waals surface area contributed by atoms with E-state index < -0.39 is 17.7 Å². The highest BCUT2D eigenvalue weighted by molar-refractivity contribution is 6.51. The number of rotatable bonds is 3. The van der Waals surface area contributed by atoms with Crippen LogP contribution in [0.4, 0.5) is 11.4 Å². The zero-order valence-electron chi connectivity index (χ0n) is 19.6. The van der Waals surface area contributed by atoms with Crippen molar-refractivity contribution in [2.75, 3.05) is 30.0 Å². The smallest absolute Gasteiger partial charge is 0.300 e. The van der Waals surface area contributed by atoms with E-state index in [0.717, 1.165) is 16.8 Å². The highest BCUT2D eigenvalue weighted by Gasteiger charge is 2.48. The quantitative estimate of drug-likeness (QED) is 0.349. The van der Waals surface area contributed by atoms with Crippen molar-refractivity contribution in [3.05, 3.63) is 82.3 Å². The normalized spacial score (nSPS) is 19.4. The summed E-state index contributed by atoms with van der Waals surface area (Å²) < 4.78 is 11.6. The lowest BCUT2D eigenvalue weighted by Crippen LogP contribution is -2.30. The number of hydrogen-bond acceptors (Lipinski definition) is 6. The fourth-order valence-corrected chi connectivity index (χ4v) is 4.58. The maximum Gasteiger partial charge on any atom is 0.300 e. The Hall–Kier alpha value is -4.00. The van der Waals surface area contributed by atoms with Gasteiger partial charge in [0.1, 0.15) is 35.7 Å². The maximum absolute atomic E-state index is 13.4. The van der Waals surface area contributed by atoms with Gasteiger partial charge in [0.15, 0.2) is 0 Å². The van der Waals surface area contributed by atoms with Crippen molar-refractivity contribution in [1.82, 2.24) is 0 Å². The average Bonchev–Trinajstić information content (AvgIpc) is 3.36. The lowest BCUT2D eigenvalue weighted by Gasteiger charge is -2.28. The Morgan fingerprint density at radius 3 is 2.53 bits per heavy atom. The minimum atomic E-state index is -0.890. The number of furan rings is 1. The molecule has 5 rings (SSSR count). The van der Waals surface area contributed by atoms with Gasteiger partial charge in [0.05, 0.1) is 17.8 Å². The Bertz CT molecular complexity index is 1350. The first-order valence-corrected chi connectivity index (χ1v) is 11.2. The van der Waals surface area contributed by atoms with Crippen molar-refractivity contribution in [2.45, 2.75) is 26.8 Å². The molecule has 1 saturated heterocycles. The molecule has 3 heterocycles. The third kappa shape index (κ3) is 3.44. The van der Waals surface area contributed by atoms with E-state index >= 15 is 0 Å². The number of benzene rings is 2. The Morgan fingerprint density at radius 1 is 1.00 bits per heavy atom. The second-order valence-electron chi connectivity index (χ2n) is 8.86. The monoisotopic (exact) mass is 458 g/mol. The molecular weight excluding hydrogens is 432 g/mol. The number of nitrogens with zero attached hydrogens (tertiary/aromatic N) is 2. The Morgan fingerprint density at radius 2 is 1.79 bits per heavy atom. The van der Waals surface area contributed by atoms with Crippen molar-refractivity contribution in [1.29, 1.82) is 0 Å². The van der Waals surface area contributed by atoms with E-state index in [0.29, 0.717) is 41.7 Å². The fourth-order valence-electron chi connectivity index (χ4n) is 4.58. The summed E-state index contributed by atoms with van der Waals surface area (Å²) in [5.74, 6) is 0.0745. The summed E-state index contributed by atoms with van der Waals surface area (Å²) in [7, 11) is 1.94. The molecule has 3 aromatic rings. The largest absolute Gasteiger partial charge is 0.507 e. The number of carbonyl (C=O) groups excluding carboxylic acids is 2. The molecule has 1 amide bonds. The van der Waals surface area contributed by atoms with Gasteiger partial charge in [-0.2, -0.15) is 0 Å². The molecule has 1 atom stereocenters. The number of ether oxygens (including phenoxy) is 1.